The van der Waals surface area contributed by atoms with Crippen molar-refractivity contribution in [2.24, 2.45) is 34.6 Å². The van der Waals surface area contributed by atoms with Crippen molar-refractivity contribution in [3.8, 4) is 0 Å². The second kappa shape index (κ2) is 10.1. The van der Waals surface area contributed by atoms with E-state index in [2.05, 4.69) is 51.2 Å². The van der Waals surface area contributed by atoms with E-state index < -0.39 is 0 Å². The predicted molar refractivity (Wildman–Crippen MR) is 130 cm³/mol. The Hall–Kier alpha value is -1.91. The number of likely N-dealkylation sites (tertiary alicyclic amines) is 1. The number of guanidine groups is 1. The lowest BCUT2D eigenvalue weighted by atomic mass is 9.85. The molecule has 0 radical (unpaired) electrons. The molecule has 0 aromatic carbocycles. The molecule has 2 fully saturated rings. The van der Waals surface area contributed by atoms with Gasteiger partial charge in [0, 0.05) is 38.6 Å². The number of aliphatic imine (C=N–C) groups is 1. The number of carbonyl (C=O) groups excluding carboxylic acids is 2. The normalized spacial score (nSPS) is 26.6. The van der Waals surface area contributed by atoms with Gasteiger partial charge in [-0.3, -0.25) is 14.5 Å². The van der Waals surface area contributed by atoms with E-state index in [1.54, 1.807) is 6.20 Å². The Morgan fingerprint density at radius 2 is 1.87 bits per heavy atom. The highest BCUT2D eigenvalue weighted by Gasteiger charge is 2.58. The molecule has 1 saturated carbocycles. The van der Waals surface area contributed by atoms with Gasteiger partial charge >= 0.3 is 0 Å². The molecule has 1 aromatic heterocycles. The van der Waals surface area contributed by atoms with Gasteiger partial charge in [-0.1, -0.05) is 26.0 Å². The van der Waals surface area contributed by atoms with E-state index >= 15 is 0 Å². The second-order valence-electron chi connectivity index (χ2n) is 8.84. The number of amides is 2. The van der Waals surface area contributed by atoms with Gasteiger partial charge in [-0.05, 0) is 31.1 Å². The maximum absolute atomic E-state index is 12.8. The smallest absolute Gasteiger partial charge is 0.233 e. The van der Waals surface area contributed by atoms with Gasteiger partial charge in [-0.25, -0.2) is 9.98 Å². The third kappa shape index (κ3) is 4.80. The first kappa shape index (κ1) is 23.7. The van der Waals surface area contributed by atoms with Crippen molar-refractivity contribution in [3.63, 3.8) is 0 Å². The largest absolute Gasteiger partial charge is 0.357 e. The molecule has 2 N–H and O–H groups in total. The molecule has 170 valence electrons. The summed E-state index contributed by atoms with van der Waals surface area (Å²) in [5.74, 6) is 2.37. The fraction of sp³-hybridized carbons (Fsp3) is 0.636. The summed E-state index contributed by atoms with van der Waals surface area (Å²) in [6, 6.07) is 0. The molecule has 2 aliphatic carbocycles. The minimum atomic E-state index is -0.130. The molecule has 2 heterocycles. The van der Waals surface area contributed by atoms with Gasteiger partial charge in [0.15, 0.2) is 5.96 Å². The molecule has 4 unspecified atom stereocenters. The lowest BCUT2D eigenvalue weighted by molar-refractivity contribution is -0.140. The van der Waals surface area contributed by atoms with Crippen LogP contribution >= 0.6 is 24.0 Å². The quantitative estimate of drug-likeness (QED) is 0.173. The van der Waals surface area contributed by atoms with E-state index in [-0.39, 0.29) is 59.5 Å². The number of allylic oxidation sites excluding steroid dienone is 2. The van der Waals surface area contributed by atoms with Crippen molar-refractivity contribution in [1.82, 2.24) is 25.1 Å². The van der Waals surface area contributed by atoms with Crippen molar-refractivity contribution in [2.75, 3.05) is 19.6 Å². The first-order valence-electron chi connectivity index (χ1n) is 11.0. The Bertz CT molecular complexity index is 834. The van der Waals surface area contributed by atoms with Crippen molar-refractivity contribution in [2.45, 2.75) is 40.3 Å². The molecular weight excluding hydrogens is 507 g/mol. The number of hydrogen-bond donors (Lipinski definition) is 2. The number of imide groups is 1. The topological polar surface area (TPSA) is 91.6 Å². The monoisotopic (exact) mass is 540 g/mol. The van der Waals surface area contributed by atoms with Crippen LogP contribution in [0.25, 0.3) is 0 Å². The van der Waals surface area contributed by atoms with Crippen LogP contribution < -0.4 is 10.6 Å². The summed E-state index contributed by atoms with van der Waals surface area (Å²) >= 11 is 0. The van der Waals surface area contributed by atoms with Crippen LogP contribution in [-0.4, -0.2) is 51.9 Å². The fourth-order valence-corrected chi connectivity index (χ4v) is 5.01. The third-order valence-electron chi connectivity index (χ3n) is 6.28. The Balaban J connectivity index is 0.00000272. The Labute approximate surface area is 201 Å². The number of rotatable bonds is 8. The van der Waals surface area contributed by atoms with Crippen LogP contribution in [0.3, 0.4) is 0 Å². The lowest BCUT2D eigenvalue weighted by Gasteiger charge is -2.18. The number of nitrogens with one attached hydrogen (secondary N) is 2. The van der Waals surface area contributed by atoms with Gasteiger partial charge in [-0.2, -0.15) is 0 Å². The maximum Gasteiger partial charge on any atom is 0.233 e. The number of carbonyl (C=O) groups is 2. The van der Waals surface area contributed by atoms with Crippen LogP contribution in [-0.2, 0) is 22.7 Å². The summed E-state index contributed by atoms with van der Waals surface area (Å²) in [7, 11) is 0. The van der Waals surface area contributed by atoms with Crippen molar-refractivity contribution in [1.29, 1.82) is 0 Å². The van der Waals surface area contributed by atoms with E-state index in [4.69, 9.17) is 0 Å². The number of hydrogen-bond acceptors (Lipinski definition) is 4. The number of fused-ring (bicyclic) bond motifs is 5. The van der Waals surface area contributed by atoms with E-state index in [1.165, 1.54) is 4.90 Å². The molecular formula is C22H33IN6O2. The van der Waals surface area contributed by atoms with Crippen molar-refractivity contribution < 1.29 is 9.59 Å². The molecule has 1 saturated heterocycles. The molecule has 4 atom stereocenters. The average molecular weight is 540 g/mol. The summed E-state index contributed by atoms with van der Waals surface area (Å²) in [6.07, 6.45) is 8.99. The van der Waals surface area contributed by atoms with Gasteiger partial charge in [0.05, 0.1) is 11.8 Å². The minimum absolute atomic E-state index is 0. The summed E-state index contributed by atoms with van der Waals surface area (Å²) in [4.78, 5) is 36.1. The van der Waals surface area contributed by atoms with Gasteiger partial charge in [-0.15, -0.1) is 24.0 Å². The van der Waals surface area contributed by atoms with Crippen LogP contribution in [0.4, 0.5) is 0 Å². The van der Waals surface area contributed by atoms with Gasteiger partial charge in [0.2, 0.25) is 11.8 Å². The lowest BCUT2D eigenvalue weighted by Crippen LogP contribution is -2.43. The van der Waals surface area contributed by atoms with Crippen molar-refractivity contribution in [3.05, 3.63) is 30.4 Å². The maximum atomic E-state index is 12.8. The SMILES string of the molecule is CCNC(=NCc1nccn1CC(C)C)NCCN1C(=O)C2C3C=CC(C3)C2C1=O.I. The molecule has 2 amide bonds. The van der Waals surface area contributed by atoms with Crippen LogP contribution in [0.2, 0.25) is 0 Å². The minimum Gasteiger partial charge on any atom is -0.357 e. The Kier molecular flexibility index (Phi) is 7.77. The predicted octanol–water partition coefficient (Wildman–Crippen LogP) is 2.02. The Morgan fingerprint density at radius 1 is 1.19 bits per heavy atom. The molecule has 9 heteroatoms. The van der Waals surface area contributed by atoms with Crippen LogP contribution in [0, 0.1) is 29.6 Å². The van der Waals surface area contributed by atoms with E-state index in [0.717, 1.165) is 25.3 Å². The zero-order chi connectivity index (χ0) is 21.3. The first-order chi connectivity index (χ1) is 14.5. The fourth-order valence-electron chi connectivity index (χ4n) is 5.01. The molecule has 2 bridgehead atoms. The molecule has 3 aliphatic rings. The van der Waals surface area contributed by atoms with Gasteiger partial charge in [0.25, 0.3) is 0 Å². The third-order valence-corrected chi connectivity index (χ3v) is 6.28. The molecule has 4 rings (SSSR count). The van der Waals surface area contributed by atoms with Gasteiger partial charge < -0.3 is 15.2 Å². The number of imidazole rings is 1. The summed E-state index contributed by atoms with van der Waals surface area (Å²) < 4.78 is 2.13. The highest BCUT2D eigenvalue weighted by Crippen LogP contribution is 2.52. The first-order valence-corrected chi connectivity index (χ1v) is 11.0. The molecule has 1 aromatic rings. The van der Waals surface area contributed by atoms with Crippen molar-refractivity contribution >= 4 is 41.8 Å². The van der Waals surface area contributed by atoms with Crippen LogP contribution in [0.1, 0.15) is 33.0 Å². The standard InChI is InChI=1S/C22H32N6O2.HI/c1-4-23-22(26-12-17-24-7-9-27(17)13-14(2)3)25-8-10-28-20(29)18-15-5-6-16(11-15)19(18)21(28)30;/h5-7,9,14-16,18-19H,4,8,10-13H2,1-3H3,(H2,23,25,26);1H. The molecule has 8 nitrogen and oxygen atoms in total. The summed E-state index contributed by atoms with van der Waals surface area (Å²) in [5.41, 5.74) is 0. The zero-order valence-corrected chi connectivity index (χ0v) is 20.8. The second-order valence-corrected chi connectivity index (χ2v) is 8.84. The molecule has 0 spiro atoms. The van der Waals surface area contributed by atoms with Crippen LogP contribution in [0.15, 0.2) is 29.5 Å². The van der Waals surface area contributed by atoms with E-state index in [0.29, 0.717) is 31.5 Å². The van der Waals surface area contributed by atoms with Crippen LogP contribution in [0.5, 0.6) is 0 Å². The molecule has 31 heavy (non-hydrogen) atoms. The number of halogens is 1. The van der Waals surface area contributed by atoms with E-state index in [9.17, 15) is 9.59 Å². The zero-order valence-electron chi connectivity index (χ0n) is 18.5. The average Bonchev–Trinajstić information content (AvgIpc) is 3.47. The highest BCUT2D eigenvalue weighted by molar-refractivity contribution is 14.0. The number of aromatic nitrogens is 2. The molecule has 1 aliphatic heterocycles. The highest BCUT2D eigenvalue weighted by atomic mass is 127. The van der Waals surface area contributed by atoms with Gasteiger partial charge in [0.1, 0.15) is 12.4 Å². The van der Waals surface area contributed by atoms with E-state index in [1.807, 2.05) is 13.1 Å². The number of nitrogens with zero attached hydrogens (tertiary/aromatic N) is 4. The summed E-state index contributed by atoms with van der Waals surface area (Å²) in [6.45, 7) is 9.32. The Morgan fingerprint density at radius 3 is 2.48 bits per heavy atom. The summed E-state index contributed by atoms with van der Waals surface area (Å²) in [5, 5.41) is 6.48.